The lowest BCUT2D eigenvalue weighted by Crippen LogP contribution is -1.77. The van der Waals surface area contributed by atoms with Crippen LogP contribution in [0.2, 0.25) is 0 Å². The van der Waals surface area contributed by atoms with E-state index < -0.39 is 0 Å². The Morgan fingerprint density at radius 2 is 0.909 bits per heavy atom. The zero-order valence-electron chi connectivity index (χ0n) is 13.9. The van der Waals surface area contributed by atoms with Crippen LogP contribution in [0.4, 0.5) is 0 Å². The third-order valence-corrected chi connectivity index (χ3v) is 3.55. The van der Waals surface area contributed by atoms with Gasteiger partial charge >= 0.3 is 0 Å². The smallest absolute Gasteiger partial charge is 0.0254 e. The number of allylic oxidation sites excluding steroid dienone is 4. The first-order chi connectivity index (χ1) is 10.5. The maximum Gasteiger partial charge on any atom is -0.0254 e. The Morgan fingerprint density at radius 3 is 1.23 bits per heavy atom. The summed E-state index contributed by atoms with van der Waals surface area (Å²) in [6.07, 6.45) is 8.74. The van der Waals surface area contributed by atoms with Crippen molar-refractivity contribution in [3.8, 4) is 0 Å². The van der Waals surface area contributed by atoms with Crippen LogP contribution < -0.4 is 0 Å². The van der Waals surface area contributed by atoms with Crippen molar-refractivity contribution in [1.82, 2.24) is 0 Å². The molecule has 22 heavy (non-hydrogen) atoms. The van der Waals surface area contributed by atoms with Crippen LogP contribution in [0.25, 0.3) is 12.2 Å². The molecule has 0 bridgehead atoms. The molecule has 0 saturated carbocycles. The first-order valence-electron chi connectivity index (χ1n) is 7.71. The van der Waals surface area contributed by atoms with Gasteiger partial charge in [0, 0.05) is 0 Å². The van der Waals surface area contributed by atoms with Gasteiger partial charge in [-0.1, -0.05) is 95.1 Å². The van der Waals surface area contributed by atoms with E-state index in [0.29, 0.717) is 0 Å². The highest BCUT2D eigenvalue weighted by Crippen LogP contribution is 2.12. The molecule has 0 nitrogen and oxygen atoms in total. The molecule has 0 aliphatic carbocycles. The van der Waals surface area contributed by atoms with Gasteiger partial charge in [-0.05, 0) is 38.8 Å². The highest BCUT2D eigenvalue weighted by molar-refractivity contribution is 5.58. The molecule has 0 saturated heterocycles. The van der Waals surface area contributed by atoms with E-state index in [1.54, 1.807) is 0 Å². The van der Waals surface area contributed by atoms with E-state index in [4.69, 9.17) is 0 Å². The predicted octanol–water partition coefficient (Wildman–Crippen LogP) is 6.37. The fourth-order valence-electron chi connectivity index (χ4n) is 2.21. The highest BCUT2D eigenvalue weighted by Gasteiger charge is 1.91. The minimum Gasteiger partial charge on any atom is -0.0590 e. The van der Waals surface area contributed by atoms with Crippen molar-refractivity contribution in [2.45, 2.75) is 27.7 Å². The lowest BCUT2D eigenvalue weighted by Gasteiger charge is -1.99. The Kier molecular flexibility index (Phi) is 5.55. The fourth-order valence-corrected chi connectivity index (χ4v) is 2.21. The summed E-state index contributed by atoms with van der Waals surface area (Å²) < 4.78 is 0. The SMILES string of the molecule is CC(C=CC(C)=Cc1ccc(C)cc1)=Cc1ccc(C)cc1. The summed E-state index contributed by atoms with van der Waals surface area (Å²) >= 11 is 0. The molecular formula is C22H24. The summed E-state index contributed by atoms with van der Waals surface area (Å²) in [5.41, 5.74) is 7.58. The third kappa shape index (κ3) is 5.21. The third-order valence-electron chi connectivity index (χ3n) is 3.55. The van der Waals surface area contributed by atoms with Crippen molar-refractivity contribution in [3.63, 3.8) is 0 Å². The van der Waals surface area contributed by atoms with Crippen LogP contribution in [0.15, 0.2) is 71.8 Å². The largest absolute Gasteiger partial charge is 0.0590 e. The maximum absolute atomic E-state index is 2.20. The maximum atomic E-state index is 2.20. The van der Waals surface area contributed by atoms with Crippen LogP contribution in [0.3, 0.4) is 0 Å². The second-order valence-corrected chi connectivity index (χ2v) is 5.93. The average molecular weight is 288 g/mol. The first-order valence-corrected chi connectivity index (χ1v) is 7.71. The summed E-state index contributed by atoms with van der Waals surface area (Å²) in [4.78, 5) is 0. The van der Waals surface area contributed by atoms with Crippen LogP contribution in [0, 0.1) is 13.8 Å². The van der Waals surface area contributed by atoms with Crippen LogP contribution in [0.1, 0.15) is 36.1 Å². The van der Waals surface area contributed by atoms with Crippen LogP contribution in [-0.2, 0) is 0 Å². The summed E-state index contributed by atoms with van der Waals surface area (Å²) in [6, 6.07) is 17.2. The Hall–Kier alpha value is -2.34. The van der Waals surface area contributed by atoms with E-state index in [2.05, 4.69) is 101 Å². The van der Waals surface area contributed by atoms with Crippen molar-refractivity contribution in [1.29, 1.82) is 0 Å². The molecule has 0 fully saturated rings. The number of benzene rings is 2. The second-order valence-electron chi connectivity index (χ2n) is 5.93. The Morgan fingerprint density at radius 1 is 0.591 bits per heavy atom. The molecule has 0 heteroatoms. The first kappa shape index (κ1) is 16.0. The van der Waals surface area contributed by atoms with Crippen LogP contribution in [0.5, 0.6) is 0 Å². The number of rotatable bonds is 4. The summed E-state index contributed by atoms with van der Waals surface area (Å²) in [7, 11) is 0. The molecule has 0 spiro atoms. The summed E-state index contributed by atoms with van der Waals surface area (Å²) in [6.45, 7) is 8.49. The Balaban J connectivity index is 2.06. The van der Waals surface area contributed by atoms with Crippen molar-refractivity contribution < 1.29 is 0 Å². The Bertz CT molecular complexity index is 629. The molecule has 112 valence electrons. The van der Waals surface area contributed by atoms with Crippen molar-refractivity contribution in [2.24, 2.45) is 0 Å². The van der Waals surface area contributed by atoms with Gasteiger partial charge in [0.2, 0.25) is 0 Å². The summed E-state index contributed by atoms with van der Waals surface area (Å²) in [5, 5.41) is 0. The number of hydrogen-bond acceptors (Lipinski definition) is 0. The summed E-state index contributed by atoms with van der Waals surface area (Å²) in [5.74, 6) is 0. The molecule has 0 heterocycles. The van der Waals surface area contributed by atoms with Gasteiger partial charge in [0.05, 0.1) is 0 Å². The van der Waals surface area contributed by atoms with E-state index in [1.807, 2.05) is 0 Å². The van der Waals surface area contributed by atoms with Gasteiger partial charge < -0.3 is 0 Å². The zero-order chi connectivity index (χ0) is 15.9. The second kappa shape index (κ2) is 7.61. The highest BCUT2D eigenvalue weighted by atomic mass is 14.0. The van der Waals surface area contributed by atoms with E-state index in [1.165, 1.54) is 33.4 Å². The van der Waals surface area contributed by atoms with E-state index in [-0.39, 0.29) is 0 Å². The van der Waals surface area contributed by atoms with Crippen LogP contribution in [-0.4, -0.2) is 0 Å². The topological polar surface area (TPSA) is 0 Å². The van der Waals surface area contributed by atoms with Gasteiger partial charge in [-0.25, -0.2) is 0 Å². The normalized spacial score (nSPS) is 12.9. The minimum absolute atomic E-state index is 1.24. The van der Waals surface area contributed by atoms with Gasteiger partial charge in [0.1, 0.15) is 0 Å². The fraction of sp³-hybridized carbons (Fsp3) is 0.182. The van der Waals surface area contributed by atoms with Crippen LogP contribution >= 0.6 is 0 Å². The zero-order valence-corrected chi connectivity index (χ0v) is 13.9. The average Bonchev–Trinajstić information content (AvgIpc) is 2.50. The van der Waals surface area contributed by atoms with Crippen molar-refractivity contribution in [2.75, 3.05) is 0 Å². The van der Waals surface area contributed by atoms with Gasteiger partial charge in [-0.15, -0.1) is 0 Å². The monoisotopic (exact) mass is 288 g/mol. The molecule has 0 aromatic heterocycles. The standard InChI is InChI=1S/C22H24/c1-17-7-11-21(12-8-17)15-19(3)5-6-20(4)16-22-13-9-18(2)10-14-22/h5-16H,1-4H3. The molecule has 0 N–H and O–H groups in total. The minimum atomic E-state index is 1.24. The van der Waals surface area contributed by atoms with E-state index in [0.717, 1.165) is 0 Å². The van der Waals surface area contributed by atoms with E-state index >= 15 is 0 Å². The lowest BCUT2D eigenvalue weighted by molar-refractivity contribution is 1.44. The van der Waals surface area contributed by atoms with Crippen molar-refractivity contribution in [3.05, 3.63) is 94.1 Å². The molecular weight excluding hydrogens is 264 g/mol. The Labute approximate surface area is 134 Å². The molecule has 0 amide bonds. The molecule has 0 atom stereocenters. The molecule has 2 aromatic rings. The molecule has 0 aliphatic heterocycles. The molecule has 0 aliphatic rings. The van der Waals surface area contributed by atoms with E-state index in [9.17, 15) is 0 Å². The quantitative estimate of drug-likeness (QED) is 0.574. The number of aryl methyl sites for hydroxylation is 2. The van der Waals surface area contributed by atoms with Gasteiger partial charge in [-0.3, -0.25) is 0 Å². The molecule has 2 rings (SSSR count). The lowest BCUT2D eigenvalue weighted by atomic mass is 10.1. The van der Waals surface area contributed by atoms with Gasteiger partial charge in [0.15, 0.2) is 0 Å². The molecule has 2 aromatic carbocycles. The van der Waals surface area contributed by atoms with Crippen molar-refractivity contribution >= 4 is 12.2 Å². The molecule has 0 radical (unpaired) electrons. The predicted molar refractivity (Wildman–Crippen MR) is 98.8 cm³/mol. The van der Waals surface area contributed by atoms with Gasteiger partial charge in [0.25, 0.3) is 0 Å². The number of hydrogen-bond donors (Lipinski definition) is 0. The van der Waals surface area contributed by atoms with Gasteiger partial charge in [-0.2, -0.15) is 0 Å². The molecule has 0 unspecified atom stereocenters.